The Morgan fingerprint density at radius 1 is 1.38 bits per heavy atom. The van der Waals surface area contributed by atoms with Gasteiger partial charge >= 0.3 is 5.97 Å². The lowest BCUT2D eigenvalue weighted by Crippen LogP contribution is -2.51. The highest BCUT2D eigenvalue weighted by Crippen LogP contribution is 2.62. The van der Waals surface area contributed by atoms with Gasteiger partial charge in [-0.05, 0) is 54.8 Å². The summed E-state index contributed by atoms with van der Waals surface area (Å²) >= 11 is 0. The molecule has 0 radical (unpaired) electrons. The molecule has 2 fully saturated rings. The number of aliphatic hydroxyl groups is 1. The molecule has 5 atom stereocenters. The number of methoxy groups -OCH3 is 1. The minimum atomic E-state index is -1.48. The minimum absolute atomic E-state index is 0.0496. The SMILES string of the molecule is C=C1CCCC2C1(C)CCC(C)C2(C)CC(=O)C1=C(OC)C(O)OC1=O. The lowest BCUT2D eigenvalue weighted by molar-refractivity contribution is -0.154. The van der Waals surface area contributed by atoms with Crippen molar-refractivity contribution in [2.24, 2.45) is 22.7 Å². The van der Waals surface area contributed by atoms with Gasteiger partial charge in [0, 0.05) is 6.42 Å². The van der Waals surface area contributed by atoms with Crippen LogP contribution >= 0.6 is 0 Å². The molecule has 0 spiro atoms. The van der Waals surface area contributed by atoms with E-state index in [4.69, 9.17) is 9.47 Å². The number of carbonyl (C=O) groups is 2. The fourth-order valence-electron chi connectivity index (χ4n) is 5.59. The summed E-state index contributed by atoms with van der Waals surface area (Å²) in [5.74, 6) is -0.425. The molecule has 144 valence electrons. The van der Waals surface area contributed by atoms with E-state index in [2.05, 4.69) is 27.4 Å². The molecule has 5 heteroatoms. The lowest BCUT2D eigenvalue weighted by Gasteiger charge is -2.58. The third-order valence-corrected chi connectivity index (χ3v) is 7.50. The normalized spacial score (nSPS) is 40.3. The van der Waals surface area contributed by atoms with E-state index in [1.807, 2.05) is 0 Å². The van der Waals surface area contributed by atoms with E-state index in [9.17, 15) is 14.7 Å². The third-order valence-electron chi connectivity index (χ3n) is 7.50. The largest absolute Gasteiger partial charge is 0.494 e. The van der Waals surface area contributed by atoms with Gasteiger partial charge in [0.05, 0.1) is 7.11 Å². The Hall–Kier alpha value is -1.62. The molecule has 0 bridgehead atoms. The third kappa shape index (κ3) is 2.72. The number of carbonyl (C=O) groups excluding carboxylic acids is 2. The maximum atomic E-state index is 13.1. The van der Waals surface area contributed by atoms with Gasteiger partial charge < -0.3 is 14.6 Å². The van der Waals surface area contributed by atoms with Crippen LogP contribution in [0.2, 0.25) is 0 Å². The molecule has 3 rings (SSSR count). The molecule has 2 saturated carbocycles. The molecule has 0 aromatic carbocycles. The predicted octanol–water partition coefficient (Wildman–Crippen LogP) is 3.52. The monoisotopic (exact) mass is 362 g/mol. The number of ether oxygens (including phenoxy) is 2. The molecule has 26 heavy (non-hydrogen) atoms. The maximum absolute atomic E-state index is 13.1. The van der Waals surface area contributed by atoms with Crippen LogP contribution < -0.4 is 0 Å². The lowest BCUT2D eigenvalue weighted by atomic mass is 9.46. The van der Waals surface area contributed by atoms with E-state index in [0.717, 1.165) is 32.1 Å². The van der Waals surface area contributed by atoms with E-state index in [-0.39, 0.29) is 34.4 Å². The number of aliphatic hydroxyl groups excluding tert-OH is 1. The topological polar surface area (TPSA) is 72.8 Å². The van der Waals surface area contributed by atoms with Crippen LogP contribution in [-0.2, 0) is 19.1 Å². The first-order valence-corrected chi connectivity index (χ1v) is 9.53. The van der Waals surface area contributed by atoms with Crippen molar-refractivity contribution in [1.29, 1.82) is 0 Å². The second-order valence-electron chi connectivity index (χ2n) is 8.71. The highest BCUT2D eigenvalue weighted by Gasteiger charge is 2.55. The average molecular weight is 362 g/mol. The number of Topliss-reactive ketones (excluding diaryl/α,β-unsaturated/α-hetero) is 1. The zero-order chi connectivity index (χ0) is 19.3. The number of hydrogen-bond donors (Lipinski definition) is 1. The molecule has 0 saturated heterocycles. The van der Waals surface area contributed by atoms with Crippen molar-refractivity contribution in [2.75, 3.05) is 7.11 Å². The van der Waals surface area contributed by atoms with Crippen LogP contribution in [0, 0.1) is 22.7 Å². The van der Waals surface area contributed by atoms with Crippen molar-refractivity contribution in [1.82, 2.24) is 0 Å². The van der Waals surface area contributed by atoms with Crippen molar-refractivity contribution < 1.29 is 24.2 Å². The minimum Gasteiger partial charge on any atom is -0.494 e. The molecule has 1 aliphatic heterocycles. The van der Waals surface area contributed by atoms with Crippen molar-refractivity contribution >= 4 is 11.8 Å². The second kappa shape index (κ2) is 6.52. The number of fused-ring (bicyclic) bond motifs is 1. The average Bonchev–Trinajstić information content (AvgIpc) is 2.87. The molecule has 1 N–H and O–H groups in total. The quantitative estimate of drug-likeness (QED) is 0.471. The fraction of sp³-hybridized carbons (Fsp3) is 0.714. The van der Waals surface area contributed by atoms with Crippen LogP contribution in [0.5, 0.6) is 0 Å². The first-order chi connectivity index (χ1) is 12.1. The highest BCUT2D eigenvalue weighted by molar-refractivity contribution is 6.19. The van der Waals surface area contributed by atoms with Crippen LogP contribution in [0.25, 0.3) is 0 Å². The summed E-state index contributed by atoms with van der Waals surface area (Å²) in [5.41, 5.74) is 0.989. The summed E-state index contributed by atoms with van der Waals surface area (Å²) in [6.07, 6.45) is 4.15. The van der Waals surface area contributed by atoms with Crippen molar-refractivity contribution in [3.05, 3.63) is 23.5 Å². The summed E-state index contributed by atoms with van der Waals surface area (Å²) in [6, 6.07) is 0. The summed E-state index contributed by atoms with van der Waals surface area (Å²) in [5, 5.41) is 9.77. The molecule has 5 nitrogen and oxygen atoms in total. The second-order valence-corrected chi connectivity index (χ2v) is 8.71. The Labute approximate surface area is 155 Å². The van der Waals surface area contributed by atoms with Crippen LogP contribution in [0.3, 0.4) is 0 Å². The standard InChI is InChI=1S/C21H30O5/c1-12-7-6-8-15-20(12,3)10-9-13(2)21(15,4)11-14(22)16-17(25-5)19(24)26-18(16)23/h13,15,19,24H,1,6-11H2,2-5H3. The summed E-state index contributed by atoms with van der Waals surface area (Å²) in [7, 11) is 1.33. The summed E-state index contributed by atoms with van der Waals surface area (Å²) in [6.45, 7) is 11.0. The highest BCUT2D eigenvalue weighted by atomic mass is 16.7. The summed E-state index contributed by atoms with van der Waals surface area (Å²) < 4.78 is 9.84. The van der Waals surface area contributed by atoms with Gasteiger partial charge in [0.15, 0.2) is 11.5 Å². The molecule has 2 aliphatic carbocycles. The number of esters is 1. The van der Waals surface area contributed by atoms with Crippen molar-refractivity contribution in [3.8, 4) is 0 Å². The Morgan fingerprint density at radius 2 is 2.08 bits per heavy atom. The Kier molecular flexibility index (Phi) is 4.80. The molecule has 0 amide bonds. The van der Waals surface area contributed by atoms with Crippen LogP contribution in [0.15, 0.2) is 23.5 Å². The molecular formula is C21H30O5. The first kappa shape index (κ1) is 19.2. The fourth-order valence-corrected chi connectivity index (χ4v) is 5.59. The summed E-state index contributed by atoms with van der Waals surface area (Å²) in [4.78, 5) is 25.1. The Balaban J connectivity index is 1.94. The molecule has 0 aromatic heterocycles. The van der Waals surface area contributed by atoms with Gasteiger partial charge in [0.1, 0.15) is 5.57 Å². The zero-order valence-corrected chi connectivity index (χ0v) is 16.3. The predicted molar refractivity (Wildman–Crippen MR) is 96.9 cm³/mol. The first-order valence-electron chi connectivity index (χ1n) is 9.53. The molecule has 0 aromatic rings. The number of cyclic esters (lactones) is 1. The smallest absolute Gasteiger partial charge is 0.348 e. The Morgan fingerprint density at radius 3 is 2.73 bits per heavy atom. The van der Waals surface area contributed by atoms with E-state index < -0.39 is 12.3 Å². The zero-order valence-electron chi connectivity index (χ0n) is 16.3. The molecule has 1 heterocycles. The van der Waals surface area contributed by atoms with Gasteiger partial charge in [-0.25, -0.2) is 4.79 Å². The van der Waals surface area contributed by atoms with Crippen molar-refractivity contribution in [2.45, 2.75) is 65.6 Å². The van der Waals surface area contributed by atoms with Gasteiger partial charge in [0.25, 0.3) is 6.29 Å². The van der Waals surface area contributed by atoms with Crippen LogP contribution in [0.1, 0.15) is 59.3 Å². The number of allylic oxidation sites excluding steroid dienone is 1. The van der Waals surface area contributed by atoms with E-state index in [0.29, 0.717) is 11.8 Å². The van der Waals surface area contributed by atoms with Gasteiger partial charge in [0.2, 0.25) is 0 Å². The number of ketones is 1. The van der Waals surface area contributed by atoms with Gasteiger partial charge in [-0.3, -0.25) is 4.79 Å². The molecular weight excluding hydrogens is 332 g/mol. The van der Waals surface area contributed by atoms with E-state index in [1.165, 1.54) is 12.7 Å². The molecule has 5 unspecified atom stereocenters. The van der Waals surface area contributed by atoms with Gasteiger partial charge in [-0.15, -0.1) is 0 Å². The maximum Gasteiger partial charge on any atom is 0.348 e. The van der Waals surface area contributed by atoms with Crippen molar-refractivity contribution in [3.63, 3.8) is 0 Å². The van der Waals surface area contributed by atoms with E-state index in [1.54, 1.807) is 0 Å². The molecule has 3 aliphatic rings. The van der Waals surface area contributed by atoms with Crippen LogP contribution in [0.4, 0.5) is 0 Å². The van der Waals surface area contributed by atoms with E-state index >= 15 is 0 Å². The van der Waals surface area contributed by atoms with Gasteiger partial charge in [-0.2, -0.15) is 0 Å². The number of hydrogen-bond acceptors (Lipinski definition) is 5. The van der Waals surface area contributed by atoms with Gasteiger partial charge in [-0.1, -0.05) is 32.9 Å². The van der Waals surface area contributed by atoms with Crippen LogP contribution in [-0.4, -0.2) is 30.3 Å². The Bertz CT molecular complexity index is 678. The number of rotatable bonds is 4.